The van der Waals surface area contributed by atoms with E-state index in [2.05, 4.69) is 46.7 Å². The molecule has 4 saturated heterocycles. The van der Waals surface area contributed by atoms with Gasteiger partial charge in [-0.25, -0.2) is 0 Å². The zero-order valence-corrected chi connectivity index (χ0v) is 29.0. The lowest BCUT2D eigenvalue weighted by Crippen LogP contribution is -2.44. The molecule has 4 heterocycles. The topological polar surface area (TPSA) is 83.5 Å². The maximum atomic E-state index is 13.8. The lowest BCUT2D eigenvalue weighted by molar-refractivity contribution is -0.175. The number of rotatable bonds is 10. The molecule has 0 spiro atoms. The van der Waals surface area contributed by atoms with E-state index < -0.39 is 0 Å². The molecule has 13 atom stereocenters. The lowest BCUT2D eigenvalue weighted by atomic mass is 9.84. The number of esters is 2. The summed E-state index contributed by atoms with van der Waals surface area (Å²) in [5.74, 6) is -0.988. The summed E-state index contributed by atoms with van der Waals surface area (Å²) >= 11 is 0. The van der Waals surface area contributed by atoms with Crippen LogP contribution in [0.5, 0.6) is 0 Å². The maximum absolute atomic E-state index is 13.8. The van der Waals surface area contributed by atoms with E-state index in [1.54, 1.807) is 0 Å². The minimum atomic E-state index is -0.365. The zero-order valence-electron chi connectivity index (χ0n) is 29.0. The van der Waals surface area contributed by atoms with Crippen LogP contribution >= 0.6 is 0 Å². The number of ether oxygens (including phenoxy) is 5. The second kappa shape index (κ2) is 16.6. The number of cyclic esters (lactones) is 2. The molecule has 4 aliphatic heterocycles. The van der Waals surface area contributed by atoms with Crippen molar-refractivity contribution in [3.8, 4) is 0 Å². The van der Waals surface area contributed by atoms with Crippen molar-refractivity contribution in [1.29, 1.82) is 0 Å². The van der Waals surface area contributed by atoms with Crippen molar-refractivity contribution in [1.82, 2.24) is 4.90 Å². The van der Waals surface area contributed by atoms with Crippen molar-refractivity contribution < 1.29 is 33.3 Å². The van der Waals surface area contributed by atoms with Gasteiger partial charge in [0.25, 0.3) is 0 Å². The van der Waals surface area contributed by atoms with Crippen molar-refractivity contribution in [2.75, 3.05) is 14.1 Å². The predicted molar refractivity (Wildman–Crippen MR) is 171 cm³/mol. The van der Waals surface area contributed by atoms with Gasteiger partial charge >= 0.3 is 11.9 Å². The van der Waals surface area contributed by atoms with E-state index in [9.17, 15) is 9.59 Å². The second-order valence-corrected chi connectivity index (χ2v) is 14.7. The number of fused-ring (bicyclic) bond motifs is 4. The molecule has 8 nitrogen and oxygen atoms in total. The molecule has 4 fully saturated rings. The van der Waals surface area contributed by atoms with Gasteiger partial charge in [0.1, 0.15) is 12.2 Å². The molecule has 0 amide bonds. The van der Waals surface area contributed by atoms with Crippen molar-refractivity contribution in [2.24, 2.45) is 23.7 Å². The van der Waals surface area contributed by atoms with Crippen LogP contribution in [0.15, 0.2) is 0 Å². The van der Waals surface area contributed by atoms with Gasteiger partial charge in [-0.15, -0.1) is 0 Å². The standard InChI is InChI=1S/C36H63NO7/c1-9-12-25(37(7)8)20-27-14-16-30(40-27)22(4)34-23(5)31-18-19-33(43-31)29(11-3)36(39)42-26(13-10-2)21-28-15-17-32(41-28)24(6)35(38)44-34/h22-34H,9-21H2,1-8H3. The van der Waals surface area contributed by atoms with E-state index in [0.717, 1.165) is 70.6 Å². The Kier molecular flexibility index (Phi) is 13.4. The molecule has 13 unspecified atom stereocenters. The SMILES string of the molecule is CCCC1CC2CCC(O2)C(C)C(=O)OC(C(C)C2CCC(CC(CCC)N(C)C)O2)C(C)C2CCC(O2)C(CC)C(=O)O1. The summed E-state index contributed by atoms with van der Waals surface area (Å²) in [6, 6.07) is 0.508. The number of carbonyl (C=O) groups is 2. The van der Waals surface area contributed by atoms with E-state index in [-0.39, 0.29) is 84.4 Å². The van der Waals surface area contributed by atoms with Gasteiger partial charge in [0.05, 0.1) is 48.5 Å². The molecule has 0 saturated carbocycles. The smallest absolute Gasteiger partial charge is 0.311 e. The van der Waals surface area contributed by atoms with Gasteiger partial charge in [-0.3, -0.25) is 9.59 Å². The van der Waals surface area contributed by atoms with Crippen LogP contribution in [-0.4, -0.2) is 85.8 Å². The molecule has 4 rings (SSSR count). The highest BCUT2D eigenvalue weighted by molar-refractivity contribution is 5.73. The Morgan fingerprint density at radius 1 is 0.795 bits per heavy atom. The molecule has 0 radical (unpaired) electrons. The number of nitrogens with zero attached hydrogens (tertiary/aromatic N) is 1. The van der Waals surface area contributed by atoms with Crippen LogP contribution in [0.1, 0.15) is 125 Å². The average molecular weight is 622 g/mol. The fraction of sp³-hybridized carbons (Fsp3) is 0.944. The highest BCUT2D eigenvalue weighted by atomic mass is 16.6. The van der Waals surface area contributed by atoms with Crippen LogP contribution in [0.2, 0.25) is 0 Å². The Morgan fingerprint density at radius 2 is 1.52 bits per heavy atom. The van der Waals surface area contributed by atoms with E-state index in [1.165, 1.54) is 0 Å². The van der Waals surface area contributed by atoms with Crippen LogP contribution in [0.4, 0.5) is 0 Å². The minimum Gasteiger partial charge on any atom is -0.462 e. The Hall–Kier alpha value is -1.22. The van der Waals surface area contributed by atoms with Gasteiger partial charge in [0.2, 0.25) is 0 Å². The van der Waals surface area contributed by atoms with Gasteiger partial charge < -0.3 is 28.6 Å². The third-order valence-corrected chi connectivity index (χ3v) is 11.3. The first-order valence-electron chi connectivity index (χ1n) is 18.1. The molecule has 4 aliphatic rings. The largest absolute Gasteiger partial charge is 0.462 e. The fourth-order valence-electron chi connectivity index (χ4n) is 8.35. The summed E-state index contributed by atoms with van der Waals surface area (Å²) in [4.78, 5) is 29.6. The quantitative estimate of drug-likeness (QED) is 0.249. The normalized spacial score (nSPS) is 40.2. The Balaban J connectivity index is 1.53. The first-order valence-corrected chi connectivity index (χ1v) is 18.1. The number of hydrogen-bond donors (Lipinski definition) is 0. The third kappa shape index (κ3) is 8.77. The summed E-state index contributed by atoms with van der Waals surface area (Å²) in [5.41, 5.74) is 0. The molecule has 8 heteroatoms. The molecule has 0 aromatic heterocycles. The Morgan fingerprint density at radius 3 is 2.20 bits per heavy atom. The summed E-state index contributed by atoms with van der Waals surface area (Å²) in [5, 5.41) is 0. The first-order chi connectivity index (χ1) is 21.1. The van der Waals surface area contributed by atoms with Crippen molar-refractivity contribution in [3.63, 3.8) is 0 Å². The monoisotopic (exact) mass is 621 g/mol. The molecule has 254 valence electrons. The molecule has 0 aromatic carbocycles. The summed E-state index contributed by atoms with van der Waals surface area (Å²) in [6.07, 6.45) is 11.1. The minimum absolute atomic E-state index is 0.0177. The van der Waals surface area contributed by atoms with Crippen LogP contribution in [-0.2, 0) is 33.3 Å². The molecule has 4 bridgehead atoms. The van der Waals surface area contributed by atoms with Crippen LogP contribution < -0.4 is 0 Å². The lowest BCUT2D eigenvalue weighted by Gasteiger charge is -2.37. The average Bonchev–Trinajstić information content (AvgIpc) is 3.76. The Bertz CT molecular complexity index is 913. The Labute approximate surface area is 267 Å². The summed E-state index contributed by atoms with van der Waals surface area (Å²) in [6.45, 7) is 12.7. The second-order valence-electron chi connectivity index (χ2n) is 14.7. The number of hydrogen-bond acceptors (Lipinski definition) is 8. The van der Waals surface area contributed by atoms with E-state index in [4.69, 9.17) is 23.7 Å². The van der Waals surface area contributed by atoms with Gasteiger partial charge in [-0.05, 0) is 85.2 Å². The predicted octanol–water partition coefficient (Wildman–Crippen LogP) is 6.71. The van der Waals surface area contributed by atoms with E-state index in [1.807, 2.05) is 13.8 Å². The zero-order chi connectivity index (χ0) is 32.0. The van der Waals surface area contributed by atoms with Crippen molar-refractivity contribution in [2.45, 2.75) is 180 Å². The third-order valence-electron chi connectivity index (χ3n) is 11.3. The fourth-order valence-corrected chi connectivity index (χ4v) is 8.35. The summed E-state index contributed by atoms with van der Waals surface area (Å²) < 4.78 is 32.5. The van der Waals surface area contributed by atoms with Gasteiger partial charge in [-0.1, -0.05) is 47.5 Å². The van der Waals surface area contributed by atoms with Gasteiger partial charge in [-0.2, -0.15) is 0 Å². The van der Waals surface area contributed by atoms with Crippen LogP contribution in [0, 0.1) is 23.7 Å². The van der Waals surface area contributed by atoms with Crippen molar-refractivity contribution >= 4 is 11.9 Å². The van der Waals surface area contributed by atoms with Crippen LogP contribution in [0.25, 0.3) is 0 Å². The summed E-state index contributed by atoms with van der Waals surface area (Å²) in [7, 11) is 4.32. The van der Waals surface area contributed by atoms with E-state index >= 15 is 0 Å². The molecular formula is C36H63NO7. The highest BCUT2D eigenvalue weighted by Gasteiger charge is 2.46. The first kappa shape index (κ1) is 35.6. The number of carbonyl (C=O) groups excluding carboxylic acids is 2. The van der Waals surface area contributed by atoms with Crippen LogP contribution in [0.3, 0.4) is 0 Å². The van der Waals surface area contributed by atoms with Gasteiger partial charge in [0.15, 0.2) is 0 Å². The molecule has 0 aliphatic carbocycles. The molecule has 0 N–H and O–H groups in total. The van der Waals surface area contributed by atoms with E-state index in [0.29, 0.717) is 18.9 Å². The molecule has 0 aromatic rings. The van der Waals surface area contributed by atoms with Crippen molar-refractivity contribution in [3.05, 3.63) is 0 Å². The highest BCUT2D eigenvalue weighted by Crippen LogP contribution is 2.40. The maximum Gasteiger partial charge on any atom is 0.311 e. The van der Waals surface area contributed by atoms with Gasteiger partial charge in [0, 0.05) is 24.3 Å². The molecule has 44 heavy (non-hydrogen) atoms. The molecular weight excluding hydrogens is 558 g/mol.